The summed E-state index contributed by atoms with van der Waals surface area (Å²) in [5.41, 5.74) is 5.89. The molecule has 16 heavy (non-hydrogen) atoms. The van der Waals surface area contributed by atoms with Gasteiger partial charge in [-0.15, -0.1) is 0 Å². The van der Waals surface area contributed by atoms with Crippen LogP contribution >= 0.6 is 0 Å². The summed E-state index contributed by atoms with van der Waals surface area (Å²) in [4.78, 5) is 14.4. The molecule has 0 aromatic carbocycles. The molecule has 5 N–H and O–H groups in total. The summed E-state index contributed by atoms with van der Waals surface area (Å²) in [7, 11) is 0. The molecule has 6 nitrogen and oxygen atoms in total. The number of carbonyl (C=O) groups excluding carboxylic acids is 1. The summed E-state index contributed by atoms with van der Waals surface area (Å²) >= 11 is 0. The van der Waals surface area contributed by atoms with E-state index in [0.717, 1.165) is 0 Å². The summed E-state index contributed by atoms with van der Waals surface area (Å²) in [5, 5.41) is 21.8. The van der Waals surface area contributed by atoms with Crippen molar-refractivity contribution in [2.75, 3.05) is 12.3 Å². The van der Waals surface area contributed by atoms with E-state index in [1.807, 2.05) is 0 Å². The molecule has 0 bridgehead atoms. The molecule has 0 radical (unpaired) electrons. The number of nitrogens with two attached hydrogens (primary N) is 1. The molecule has 6 heteroatoms. The predicted octanol–water partition coefficient (Wildman–Crippen LogP) is -0.806. The van der Waals surface area contributed by atoms with Crippen molar-refractivity contribution in [1.82, 2.24) is 10.3 Å². The van der Waals surface area contributed by atoms with Crippen molar-refractivity contribution in [3.8, 4) is 0 Å². The van der Waals surface area contributed by atoms with Crippen molar-refractivity contribution in [2.45, 2.75) is 19.1 Å². The standard InChI is InChI=1S/C10H15N3O3/c1-6(14)13-5-8(15)9(16)7-3-2-4-12-10(7)11/h2-4,8-9,15-16H,5H2,1H3,(H2,11,12)(H,13,14). The van der Waals surface area contributed by atoms with Crippen molar-refractivity contribution in [2.24, 2.45) is 0 Å². The zero-order valence-corrected chi connectivity index (χ0v) is 8.92. The van der Waals surface area contributed by atoms with E-state index in [2.05, 4.69) is 10.3 Å². The number of hydrogen-bond donors (Lipinski definition) is 4. The van der Waals surface area contributed by atoms with E-state index in [1.165, 1.54) is 13.1 Å². The highest BCUT2D eigenvalue weighted by molar-refractivity contribution is 5.72. The highest BCUT2D eigenvalue weighted by Crippen LogP contribution is 2.20. The normalized spacial score (nSPS) is 14.2. The number of nitrogens with zero attached hydrogens (tertiary/aromatic N) is 1. The lowest BCUT2D eigenvalue weighted by molar-refractivity contribution is -0.119. The molecule has 1 aromatic rings. The van der Waals surface area contributed by atoms with Gasteiger partial charge in [-0.2, -0.15) is 0 Å². The maximum atomic E-state index is 10.6. The van der Waals surface area contributed by atoms with Crippen LogP contribution in [0.15, 0.2) is 18.3 Å². The van der Waals surface area contributed by atoms with Gasteiger partial charge in [-0.25, -0.2) is 4.98 Å². The number of rotatable bonds is 4. The van der Waals surface area contributed by atoms with Gasteiger partial charge in [-0.1, -0.05) is 6.07 Å². The first kappa shape index (κ1) is 12.4. The highest BCUT2D eigenvalue weighted by Gasteiger charge is 2.20. The number of hydrogen-bond acceptors (Lipinski definition) is 5. The zero-order chi connectivity index (χ0) is 12.1. The molecule has 1 heterocycles. The minimum absolute atomic E-state index is 0.0369. The van der Waals surface area contributed by atoms with Gasteiger partial charge in [0.2, 0.25) is 5.91 Å². The maximum Gasteiger partial charge on any atom is 0.216 e. The number of nitrogen functional groups attached to an aromatic ring is 1. The van der Waals surface area contributed by atoms with E-state index in [9.17, 15) is 15.0 Å². The van der Waals surface area contributed by atoms with Gasteiger partial charge in [0.15, 0.2) is 0 Å². The molecule has 1 rings (SSSR count). The maximum absolute atomic E-state index is 10.6. The Morgan fingerprint density at radius 3 is 2.88 bits per heavy atom. The minimum atomic E-state index is -1.17. The van der Waals surface area contributed by atoms with E-state index in [-0.39, 0.29) is 18.3 Å². The Bertz CT molecular complexity index is 370. The second-order valence-corrected chi connectivity index (χ2v) is 3.43. The summed E-state index contributed by atoms with van der Waals surface area (Å²) in [6.07, 6.45) is -0.790. The van der Waals surface area contributed by atoms with Crippen LogP contribution in [0.4, 0.5) is 5.82 Å². The van der Waals surface area contributed by atoms with Crippen molar-refractivity contribution in [1.29, 1.82) is 0 Å². The molecule has 0 aliphatic rings. The number of pyridine rings is 1. The molecule has 0 spiro atoms. The lowest BCUT2D eigenvalue weighted by atomic mass is 10.1. The van der Waals surface area contributed by atoms with Crippen LogP contribution in [0, 0.1) is 0 Å². The second kappa shape index (κ2) is 5.43. The first-order chi connectivity index (χ1) is 7.52. The molecule has 0 saturated heterocycles. The largest absolute Gasteiger partial charge is 0.388 e. The Labute approximate surface area is 93.1 Å². The van der Waals surface area contributed by atoms with Crippen LogP contribution in [-0.2, 0) is 4.79 Å². The fraction of sp³-hybridized carbons (Fsp3) is 0.400. The van der Waals surface area contributed by atoms with E-state index in [0.29, 0.717) is 5.56 Å². The number of amides is 1. The Balaban J connectivity index is 2.66. The van der Waals surface area contributed by atoms with E-state index in [1.54, 1.807) is 12.1 Å². The van der Waals surface area contributed by atoms with Crippen molar-refractivity contribution in [3.63, 3.8) is 0 Å². The van der Waals surface area contributed by atoms with Gasteiger partial charge in [0.1, 0.15) is 18.0 Å². The van der Waals surface area contributed by atoms with Gasteiger partial charge in [0, 0.05) is 25.2 Å². The zero-order valence-electron chi connectivity index (χ0n) is 8.92. The van der Waals surface area contributed by atoms with E-state index in [4.69, 9.17) is 5.73 Å². The first-order valence-corrected chi connectivity index (χ1v) is 4.83. The van der Waals surface area contributed by atoms with Gasteiger partial charge >= 0.3 is 0 Å². The molecule has 1 amide bonds. The SMILES string of the molecule is CC(=O)NCC(O)C(O)c1cccnc1N. The molecule has 1 aromatic heterocycles. The third kappa shape index (κ3) is 3.18. The summed E-state index contributed by atoms with van der Waals surface area (Å²) in [6, 6.07) is 3.18. The lowest BCUT2D eigenvalue weighted by Gasteiger charge is -2.19. The highest BCUT2D eigenvalue weighted by atomic mass is 16.3. The fourth-order valence-electron chi connectivity index (χ4n) is 1.25. The molecular formula is C10H15N3O3. The van der Waals surface area contributed by atoms with Crippen LogP contribution in [-0.4, -0.2) is 33.8 Å². The van der Waals surface area contributed by atoms with Gasteiger partial charge in [-0.3, -0.25) is 4.79 Å². The summed E-state index contributed by atoms with van der Waals surface area (Å²) in [5.74, 6) is -0.109. The quantitative estimate of drug-likeness (QED) is 0.536. The van der Waals surface area contributed by atoms with Crippen molar-refractivity contribution < 1.29 is 15.0 Å². The Kier molecular flexibility index (Phi) is 4.21. The Morgan fingerprint density at radius 2 is 2.31 bits per heavy atom. The average molecular weight is 225 g/mol. The number of aliphatic hydroxyl groups excluding tert-OH is 2. The third-order valence-corrected chi connectivity index (χ3v) is 2.11. The van der Waals surface area contributed by atoms with E-state index < -0.39 is 12.2 Å². The average Bonchev–Trinajstić information content (AvgIpc) is 2.25. The second-order valence-electron chi connectivity index (χ2n) is 3.43. The summed E-state index contributed by atoms with van der Waals surface area (Å²) < 4.78 is 0. The van der Waals surface area contributed by atoms with Gasteiger partial charge in [-0.05, 0) is 6.07 Å². The van der Waals surface area contributed by atoms with Crippen LogP contribution in [0.25, 0.3) is 0 Å². The van der Waals surface area contributed by atoms with Gasteiger partial charge in [0.05, 0.1) is 0 Å². The van der Waals surface area contributed by atoms with Gasteiger partial charge < -0.3 is 21.3 Å². The predicted molar refractivity (Wildman–Crippen MR) is 58.3 cm³/mol. The third-order valence-electron chi connectivity index (χ3n) is 2.11. The smallest absolute Gasteiger partial charge is 0.216 e. The monoisotopic (exact) mass is 225 g/mol. The van der Waals surface area contributed by atoms with Crippen molar-refractivity contribution >= 4 is 11.7 Å². The molecule has 0 aliphatic heterocycles. The number of nitrogens with one attached hydrogen (secondary N) is 1. The molecule has 2 unspecified atom stereocenters. The number of carbonyl (C=O) groups is 1. The molecule has 0 saturated carbocycles. The lowest BCUT2D eigenvalue weighted by Crippen LogP contribution is -2.34. The molecule has 2 atom stereocenters. The summed E-state index contributed by atoms with van der Waals surface area (Å²) in [6.45, 7) is 1.29. The fourth-order valence-corrected chi connectivity index (χ4v) is 1.25. The Morgan fingerprint density at radius 1 is 1.62 bits per heavy atom. The first-order valence-electron chi connectivity index (χ1n) is 4.83. The molecular weight excluding hydrogens is 210 g/mol. The number of anilines is 1. The number of aliphatic hydroxyl groups is 2. The van der Waals surface area contributed by atoms with Crippen LogP contribution < -0.4 is 11.1 Å². The topological polar surface area (TPSA) is 108 Å². The Hall–Kier alpha value is -1.66. The van der Waals surface area contributed by atoms with Crippen LogP contribution in [0.3, 0.4) is 0 Å². The van der Waals surface area contributed by atoms with Crippen LogP contribution in [0.1, 0.15) is 18.6 Å². The van der Waals surface area contributed by atoms with Crippen LogP contribution in [0.2, 0.25) is 0 Å². The minimum Gasteiger partial charge on any atom is -0.388 e. The molecule has 0 fully saturated rings. The molecule has 0 aliphatic carbocycles. The van der Waals surface area contributed by atoms with E-state index >= 15 is 0 Å². The number of aromatic nitrogens is 1. The molecule has 88 valence electrons. The van der Waals surface area contributed by atoms with Crippen LogP contribution in [0.5, 0.6) is 0 Å². The van der Waals surface area contributed by atoms with Gasteiger partial charge in [0.25, 0.3) is 0 Å². The van der Waals surface area contributed by atoms with Crippen molar-refractivity contribution in [3.05, 3.63) is 23.9 Å².